The van der Waals surface area contributed by atoms with Crippen LogP contribution in [-0.2, 0) is 14.4 Å². The lowest BCUT2D eigenvalue weighted by Crippen LogP contribution is -2.36. The average Bonchev–Trinajstić information content (AvgIpc) is 2.88. The van der Waals surface area contributed by atoms with E-state index in [4.69, 9.17) is 27.5 Å². The van der Waals surface area contributed by atoms with Crippen LogP contribution < -0.4 is 11.2 Å². The number of carbonyl (C=O) groups is 2. The number of benzene rings is 1. The summed E-state index contributed by atoms with van der Waals surface area (Å²) in [5.41, 5.74) is 11.9. The molecule has 1 heterocycles. The van der Waals surface area contributed by atoms with Crippen LogP contribution in [0.5, 0.6) is 0 Å². The number of carboxylic acids is 1. The van der Waals surface area contributed by atoms with Gasteiger partial charge in [0.2, 0.25) is 0 Å². The second kappa shape index (κ2) is 8.68. The van der Waals surface area contributed by atoms with Crippen molar-refractivity contribution in [2.75, 3.05) is 7.11 Å². The Morgan fingerprint density at radius 2 is 2.13 bits per heavy atom. The molecule has 2 aliphatic rings. The highest BCUT2D eigenvalue weighted by atomic mass is 16.7. The van der Waals surface area contributed by atoms with Gasteiger partial charge in [0.05, 0.1) is 12.8 Å². The summed E-state index contributed by atoms with van der Waals surface area (Å²) in [6.07, 6.45) is 9.37. The van der Waals surface area contributed by atoms with Gasteiger partial charge in [-0.15, -0.1) is 6.42 Å². The quantitative estimate of drug-likeness (QED) is 0.323. The fourth-order valence-electron chi connectivity index (χ4n) is 3.54. The lowest BCUT2D eigenvalue weighted by atomic mass is 9.82. The van der Waals surface area contributed by atoms with Crippen molar-refractivity contribution in [2.24, 2.45) is 11.7 Å². The van der Waals surface area contributed by atoms with Crippen LogP contribution in [0, 0.1) is 23.7 Å². The lowest BCUT2D eigenvalue weighted by molar-refractivity contribution is -0.137. The van der Waals surface area contributed by atoms with Crippen molar-refractivity contribution in [2.45, 2.75) is 19.3 Å². The summed E-state index contributed by atoms with van der Waals surface area (Å²) in [4.78, 5) is 29.7. The van der Waals surface area contributed by atoms with Crippen LogP contribution in [0.4, 0.5) is 0 Å². The van der Waals surface area contributed by atoms with Gasteiger partial charge in [-0.2, -0.15) is 5.17 Å². The largest absolute Gasteiger partial charge is 0.481 e. The van der Waals surface area contributed by atoms with E-state index < -0.39 is 11.9 Å². The molecule has 0 amide bonds. The van der Waals surface area contributed by atoms with Crippen LogP contribution in [0.25, 0.3) is 5.57 Å². The molecule has 154 valence electrons. The zero-order chi connectivity index (χ0) is 21.8. The molecule has 1 aromatic rings. The summed E-state index contributed by atoms with van der Waals surface area (Å²) < 4.78 is 0. The molecule has 0 radical (unpaired) electrons. The van der Waals surface area contributed by atoms with Crippen molar-refractivity contribution in [1.29, 1.82) is 5.41 Å². The second-order valence-corrected chi connectivity index (χ2v) is 6.91. The van der Waals surface area contributed by atoms with Gasteiger partial charge >= 0.3 is 5.97 Å². The maximum absolute atomic E-state index is 13.2. The molecule has 5 N–H and O–H groups in total. The van der Waals surface area contributed by atoms with Crippen molar-refractivity contribution in [3.05, 3.63) is 64.5 Å². The number of allylic oxidation sites excluding steroid dienone is 5. The number of carbonyl (C=O) groups excluding carboxylic acids is 1. The number of hydrogen-bond donors (Lipinski definition) is 4. The highest BCUT2D eigenvalue weighted by Crippen LogP contribution is 2.37. The summed E-state index contributed by atoms with van der Waals surface area (Å²) in [6.45, 7) is 0. The van der Waals surface area contributed by atoms with Gasteiger partial charge in [0, 0.05) is 29.9 Å². The summed E-state index contributed by atoms with van der Waals surface area (Å²) in [7, 11) is 1.44. The summed E-state index contributed by atoms with van der Waals surface area (Å²) in [6, 6.07) is 7.05. The van der Waals surface area contributed by atoms with Gasteiger partial charge in [0.15, 0.2) is 5.78 Å². The van der Waals surface area contributed by atoms with Gasteiger partial charge in [-0.3, -0.25) is 25.3 Å². The van der Waals surface area contributed by atoms with Crippen LogP contribution in [0.2, 0.25) is 0 Å². The molecule has 1 aromatic carbocycles. The molecule has 30 heavy (non-hydrogen) atoms. The number of nitrogens with two attached hydrogens (primary N) is 1. The molecule has 1 unspecified atom stereocenters. The van der Waals surface area contributed by atoms with Crippen molar-refractivity contribution >= 4 is 23.2 Å². The Kier molecular flexibility index (Phi) is 6.04. The van der Waals surface area contributed by atoms with Gasteiger partial charge in [0.1, 0.15) is 11.5 Å². The number of nitrogen functional groups attached to an aromatic ring is 1. The number of carboxylic acid groups (broad SMARTS) is 1. The lowest BCUT2D eigenvalue weighted by Gasteiger charge is -2.28. The number of amidine groups is 1. The highest BCUT2D eigenvalue weighted by molar-refractivity contribution is 6.06. The minimum Gasteiger partial charge on any atom is -0.481 e. The molecule has 3 rings (SSSR count). The first-order valence-corrected chi connectivity index (χ1v) is 9.28. The van der Waals surface area contributed by atoms with Crippen LogP contribution in [0.3, 0.4) is 0 Å². The van der Waals surface area contributed by atoms with Crippen molar-refractivity contribution in [3.8, 4) is 12.3 Å². The van der Waals surface area contributed by atoms with E-state index in [9.17, 15) is 9.59 Å². The highest BCUT2D eigenvalue weighted by Gasteiger charge is 2.33. The van der Waals surface area contributed by atoms with Crippen LogP contribution >= 0.6 is 0 Å². The number of ketones is 1. The molecule has 0 saturated carbocycles. The first-order chi connectivity index (χ1) is 14.3. The second-order valence-electron chi connectivity index (χ2n) is 6.91. The molecule has 0 bridgehead atoms. The van der Waals surface area contributed by atoms with Crippen molar-refractivity contribution in [3.63, 3.8) is 0 Å². The maximum atomic E-state index is 13.2. The number of terminal acetylenes is 1. The number of nitrogens with zero attached hydrogens (tertiary/aromatic N) is 1. The predicted molar refractivity (Wildman–Crippen MR) is 111 cm³/mol. The number of hydroxylamine groups is 1. The van der Waals surface area contributed by atoms with E-state index in [1.807, 2.05) is 6.08 Å². The first-order valence-electron chi connectivity index (χ1n) is 9.28. The number of Topliss-reactive ketones (excluding diaryl/α,β-unsaturated/α-hetero) is 1. The molecular weight excluding hydrogens is 384 g/mol. The Morgan fingerprint density at radius 3 is 2.70 bits per heavy atom. The number of aliphatic carboxylic acids is 1. The fourth-order valence-corrected chi connectivity index (χ4v) is 3.54. The first kappa shape index (κ1) is 20.9. The molecule has 8 heteroatoms. The Bertz CT molecular complexity index is 1030. The third kappa shape index (κ3) is 4.26. The van der Waals surface area contributed by atoms with Crippen molar-refractivity contribution < 1.29 is 19.5 Å². The van der Waals surface area contributed by atoms with E-state index in [1.165, 1.54) is 12.3 Å². The van der Waals surface area contributed by atoms with E-state index in [0.29, 0.717) is 22.5 Å². The molecule has 0 aromatic heterocycles. The Hall–Kier alpha value is -3.83. The maximum Gasteiger partial charge on any atom is 0.303 e. The van der Waals surface area contributed by atoms with E-state index in [2.05, 4.69) is 11.3 Å². The monoisotopic (exact) mass is 406 g/mol. The SMILES string of the molecule is C#CC1=CC(CCC(=O)O)C2=C(C=C(c3ccc(C(=N)N)cc3)CC2=O)N(OC)N1. The van der Waals surface area contributed by atoms with Crippen LogP contribution in [0.15, 0.2) is 53.4 Å². The number of hydrogen-bond acceptors (Lipinski definition) is 6. The summed E-state index contributed by atoms with van der Waals surface area (Å²) in [5, 5.41) is 17.9. The Labute approximate surface area is 174 Å². The molecule has 0 fully saturated rings. The van der Waals surface area contributed by atoms with Gasteiger partial charge in [0.25, 0.3) is 0 Å². The number of rotatable bonds is 6. The van der Waals surface area contributed by atoms with E-state index in [-0.39, 0.29) is 30.9 Å². The molecule has 1 aliphatic carbocycles. The fraction of sp³-hybridized carbons (Fsp3) is 0.227. The Balaban J connectivity index is 2.07. The third-order valence-electron chi connectivity index (χ3n) is 4.99. The summed E-state index contributed by atoms with van der Waals surface area (Å²) in [5.74, 6) is 0.930. The molecule has 8 nitrogen and oxygen atoms in total. The van der Waals surface area contributed by atoms with Gasteiger partial charge < -0.3 is 10.8 Å². The molecule has 1 atom stereocenters. The van der Waals surface area contributed by atoms with E-state index >= 15 is 0 Å². The average molecular weight is 406 g/mol. The van der Waals surface area contributed by atoms with Gasteiger partial charge in [-0.1, -0.05) is 30.2 Å². The number of hydrazine groups is 1. The molecule has 0 saturated heterocycles. The van der Waals surface area contributed by atoms with Crippen LogP contribution in [0.1, 0.15) is 30.4 Å². The minimum atomic E-state index is -0.946. The van der Waals surface area contributed by atoms with Gasteiger partial charge in [-0.25, -0.2) is 0 Å². The zero-order valence-corrected chi connectivity index (χ0v) is 16.4. The molecular formula is C22H22N4O4. The predicted octanol–water partition coefficient (Wildman–Crippen LogP) is 1.96. The topological polar surface area (TPSA) is 129 Å². The third-order valence-corrected chi connectivity index (χ3v) is 4.99. The van der Waals surface area contributed by atoms with Crippen LogP contribution in [-0.4, -0.2) is 35.0 Å². The molecule has 1 aliphatic heterocycles. The normalized spacial score (nSPS) is 18.5. The standard InChI is InChI=1S/C22H22N4O4/c1-3-17-10-15(8-9-20(28)29)21-18(26(25-17)30-2)11-16(12-19(21)27)13-4-6-14(7-5-13)22(23)24/h1,4-7,10-11,15,25H,8-9,12H2,2H3,(H3,23,24)(H,28,29). The Morgan fingerprint density at radius 1 is 1.43 bits per heavy atom. The van der Waals surface area contributed by atoms with E-state index in [1.54, 1.807) is 30.3 Å². The van der Waals surface area contributed by atoms with Crippen molar-refractivity contribution in [1.82, 2.24) is 10.6 Å². The zero-order valence-electron chi connectivity index (χ0n) is 16.4. The summed E-state index contributed by atoms with van der Waals surface area (Å²) >= 11 is 0. The molecule has 0 spiro atoms. The number of nitrogens with one attached hydrogen (secondary N) is 2. The van der Waals surface area contributed by atoms with E-state index in [0.717, 1.165) is 11.1 Å². The minimum absolute atomic E-state index is 0.0343. The smallest absolute Gasteiger partial charge is 0.303 e. The van der Waals surface area contributed by atoms with Gasteiger partial charge in [-0.05, 0) is 29.7 Å².